The third-order valence-corrected chi connectivity index (χ3v) is 3.89. The molecular formula is C12H12N4OS. The first-order valence-corrected chi connectivity index (χ1v) is 6.55. The molecule has 0 radical (unpaired) electrons. The number of thiophene rings is 1. The lowest BCUT2D eigenvalue weighted by atomic mass is 10.0. The molecule has 0 fully saturated rings. The molecule has 18 heavy (non-hydrogen) atoms. The van der Waals surface area contributed by atoms with Crippen molar-refractivity contribution in [2.75, 3.05) is 0 Å². The largest absolute Gasteiger partial charge is 0.305 e. The predicted molar refractivity (Wildman–Crippen MR) is 69.9 cm³/mol. The van der Waals surface area contributed by atoms with Crippen LogP contribution in [0.1, 0.15) is 18.2 Å². The van der Waals surface area contributed by atoms with Crippen LogP contribution in [0.25, 0.3) is 5.69 Å². The van der Waals surface area contributed by atoms with Crippen molar-refractivity contribution in [1.29, 1.82) is 0 Å². The van der Waals surface area contributed by atoms with Crippen molar-refractivity contribution < 1.29 is 4.79 Å². The highest BCUT2D eigenvalue weighted by molar-refractivity contribution is 7.12. The van der Waals surface area contributed by atoms with Crippen molar-refractivity contribution in [1.82, 2.24) is 15.0 Å². The van der Waals surface area contributed by atoms with E-state index in [0.29, 0.717) is 6.42 Å². The van der Waals surface area contributed by atoms with E-state index in [9.17, 15) is 4.79 Å². The second-order valence-corrected chi connectivity index (χ2v) is 5.19. The number of amides is 1. The van der Waals surface area contributed by atoms with Crippen molar-refractivity contribution in [2.24, 2.45) is 11.0 Å². The molecule has 3 rings (SSSR count). The molecule has 1 amide bonds. The lowest BCUT2D eigenvalue weighted by molar-refractivity contribution is -0.124. The molecule has 2 aromatic heterocycles. The maximum atomic E-state index is 11.3. The highest BCUT2D eigenvalue weighted by Crippen LogP contribution is 2.23. The summed E-state index contributed by atoms with van der Waals surface area (Å²) >= 11 is 1.63. The first-order valence-electron chi connectivity index (χ1n) is 5.67. The Morgan fingerprint density at radius 3 is 3.17 bits per heavy atom. The molecule has 0 saturated carbocycles. The van der Waals surface area contributed by atoms with Crippen molar-refractivity contribution in [3.05, 3.63) is 35.0 Å². The smallest absolute Gasteiger partial charge is 0.243 e. The van der Waals surface area contributed by atoms with E-state index in [-0.39, 0.29) is 11.8 Å². The van der Waals surface area contributed by atoms with Crippen LogP contribution in [0.2, 0.25) is 0 Å². The van der Waals surface area contributed by atoms with E-state index in [1.807, 2.05) is 17.7 Å². The molecule has 5 nitrogen and oxygen atoms in total. The highest BCUT2D eigenvalue weighted by Gasteiger charge is 2.22. The molecule has 0 aliphatic carbocycles. The minimum atomic E-state index is -0.0173. The van der Waals surface area contributed by atoms with Gasteiger partial charge in [0.15, 0.2) is 0 Å². The van der Waals surface area contributed by atoms with Gasteiger partial charge in [-0.3, -0.25) is 4.79 Å². The van der Waals surface area contributed by atoms with Gasteiger partial charge in [-0.2, -0.15) is 5.10 Å². The fourth-order valence-electron chi connectivity index (χ4n) is 1.84. The standard InChI is InChI=1S/C12H12N4OS/c1-8-4-10(14-15-12(8)17)11-5-9(6-18-11)16-3-2-13-7-16/h2-3,5-8H,4H2,1H3,(H,15,17). The number of aromatic nitrogens is 2. The van der Waals surface area contributed by atoms with Crippen LogP contribution >= 0.6 is 11.3 Å². The van der Waals surface area contributed by atoms with Crippen LogP contribution in [0.3, 0.4) is 0 Å². The number of nitrogens with zero attached hydrogens (tertiary/aromatic N) is 3. The van der Waals surface area contributed by atoms with Crippen LogP contribution in [-0.2, 0) is 4.79 Å². The van der Waals surface area contributed by atoms with Gasteiger partial charge < -0.3 is 4.57 Å². The first-order chi connectivity index (χ1) is 8.74. The Morgan fingerprint density at radius 1 is 1.56 bits per heavy atom. The topological polar surface area (TPSA) is 59.3 Å². The summed E-state index contributed by atoms with van der Waals surface area (Å²) in [7, 11) is 0. The van der Waals surface area contributed by atoms with Gasteiger partial charge in [-0.05, 0) is 6.07 Å². The number of hydrogen-bond donors (Lipinski definition) is 1. The molecule has 0 aromatic carbocycles. The van der Waals surface area contributed by atoms with E-state index in [0.717, 1.165) is 16.3 Å². The fraction of sp³-hybridized carbons (Fsp3) is 0.250. The van der Waals surface area contributed by atoms with Crippen LogP contribution in [-0.4, -0.2) is 21.2 Å². The molecule has 2 aromatic rings. The van der Waals surface area contributed by atoms with Gasteiger partial charge in [-0.25, -0.2) is 10.4 Å². The van der Waals surface area contributed by atoms with Crippen molar-refractivity contribution in [3.8, 4) is 5.69 Å². The zero-order valence-corrected chi connectivity index (χ0v) is 10.6. The van der Waals surface area contributed by atoms with Gasteiger partial charge in [-0.1, -0.05) is 6.92 Å². The summed E-state index contributed by atoms with van der Waals surface area (Å²) in [5, 5.41) is 6.18. The maximum absolute atomic E-state index is 11.3. The molecule has 0 saturated heterocycles. The van der Waals surface area contributed by atoms with Gasteiger partial charge in [0.2, 0.25) is 5.91 Å². The van der Waals surface area contributed by atoms with E-state index in [2.05, 4.69) is 27.0 Å². The number of nitrogens with one attached hydrogen (secondary N) is 1. The molecule has 1 aliphatic heterocycles. The van der Waals surface area contributed by atoms with Gasteiger partial charge in [0, 0.05) is 30.1 Å². The highest BCUT2D eigenvalue weighted by atomic mass is 32.1. The zero-order valence-electron chi connectivity index (χ0n) is 9.83. The Labute approximate surface area is 108 Å². The maximum Gasteiger partial charge on any atom is 0.243 e. The molecular weight excluding hydrogens is 248 g/mol. The van der Waals surface area contributed by atoms with Gasteiger partial charge in [-0.15, -0.1) is 11.3 Å². The normalized spacial score (nSPS) is 19.5. The number of carbonyl (C=O) groups is 1. The predicted octanol–water partition coefficient (Wildman–Crippen LogP) is 1.79. The van der Waals surface area contributed by atoms with E-state index < -0.39 is 0 Å². The summed E-state index contributed by atoms with van der Waals surface area (Å²) in [6, 6.07) is 2.06. The Balaban J connectivity index is 1.88. The number of imidazole rings is 1. The average molecular weight is 260 g/mol. The third kappa shape index (κ3) is 1.95. The Bertz CT molecular complexity index is 599. The van der Waals surface area contributed by atoms with Crippen molar-refractivity contribution in [3.63, 3.8) is 0 Å². The van der Waals surface area contributed by atoms with Gasteiger partial charge in [0.05, 0.1) is 22.6 Å². The molecule has 1 aliphatic rings. The van der Waals surface area contributed by atoms with Crippen LogP contribution in [0.15, 0.2) is 35.3 Å². The lowest BCUT2D eigenvalue weighted by Gasteiger charge is -2.16. The monoisotopic (exact) mass is 260 g/mol. The molecule has 1 atom stereocenters. The molecule has 6 heteroatoms. The van der Waals surface area contributed by atoms with Crippen molar-refractivity contribution >= 4 is 23.0 Å². The second kappa shape index (κ2) is 4.38. The van der Waals surface area contributed by atoms with Crippen molar-refractivity contribution in [2.45, 2.75) is 13.3 Å². The molecule has 1 unspecified atom stereocenters. The number of carbonyl (C=O) groups excluding carboxylic acids is 1. The zero-order chi connectivity index (χ0) is 12.5. The van der Waals surface area contributed by atoms with Gasteiger partial charge in [0.25, 0.3) is 0 Å². The SMILES string of the molecule is CC1CC(c2cc(-n3ccnc3)cs2)=NNC1=O. The molecule has 0 bridgehead atoms. The quantitative estimate of drug-likeness (QED) is 0.895. The fourth-order valence-corrected chi connectivity index (χ4v) is 2.73. The number of rotatable bonds is 2. The lowest BCUT2D eigenvalue weighted by Crippen LogP contribution is -2.32. The summed E-state index contributed by atoms with van der Waals surface area (Å²) in [4.78, 5) is 16.4. The summed E-state index contributed by atoms with van der Waals surface area (Å²) in [6.45, 7) is 1.91. The summed E-state index contributed by atoms with van der Waals surface area (Å²) in [5.74, 6) is -0.0264. The average Bonchev–Trinajstić information content (AvgIpc) is 3.01. The van der Waals surface area contributed by atoms with Gasteiger partial charge >= 0.3 is 0 Å². The van der Waals surface area contributed by atoms with Gasteiger partial charge in [0.1, 0.15) is 0 Å². The van der Waals surface area contributed by atoms with E-state index in [1.165, 1.54) is 0 Å². The Hall–Kier alpha value is -1.95. The van der Waals surface area contributed by atoms with Crippen LogP contribution in [0.4, 0.5) is 0 Å². The Morgan fingerprint density at radius 2 is 2.44 bits per heavy atom. The molecule has 3 heterocycles. The first kappa shape index (κ1) is 11.2. The molecule has 1 N–H and O–H groups in total. The number of hydrazone groups is 1. The number of hydrogen-bond acceptors (Lipinski definition) is 4. The minimum Gasteiger partial charge on any atom is -0.305 e. The summed E-state index contributed by atoms with van der Waals surface area (Å²) < 4.78 is 1.95. The third-order valence-electron chi connectivity index (χ3n) is 2.92. The molecule has 0 spiro atoms. The summed E-state index contributed by atoms with van der Waals surface area (Å²) in [6.07, 6.45) is 6.10. The van der Waals surface area contributed by atoms with Crippen LogP contribution in [0.5, 0.6) is 0 Å². The van der Waals surface area contributed by atoms with E-state index >= 15 is 0 Å². The molecule has 92 valence electrons. The van der Waals surface area contributed by atoms with E-state index in [1.54, 1.807) is 23.9 Å². The van der Waals surface area contributed by atoms with Crippen LogP contribution < -0.4 is 5.43 Å². The second-order valence-electron chi connectivity index (χ2n) is 4.28. The Kier molecular flexibility index (Phi) is 2.71. The van der Waals surface area contributed by atoms with Crippen LogP contribution in [0, 0.1) is 5.92 Å². The van der Waals surface area contributed by atoms with E-state index in [4.69, 9.17) is 0 Å². The minimum absolute atomic E-state index is 0.00913. The summed E-state index contributed by atoms with van der Waals surface area (Å²) in [5.41, 5.74) is 4.57.